The molecule has 1 saturated heterocycles. The van der Waals surface area contributed by atoms with Gasteiger partial charge in [0, 0.05) is 93.8 Å². The van der Waals surface area contributed by atoms with E-state index in [9.17, 15) is 27.2 Å². The average Bonchev–Trinajstić information content (AvgIpc) is 1.84. The number of halogens is 4. The van der Waals surface area contributed by atoms with Gasteiger partial charge in [0.05, 0.1) is 56.0 Å². The van der Waals surface area contributed by atoms with Crippen LogP contribution < -0.4 is 53.4 Å². The lowest BCUT2D eigenvalue weighted by molar-refractivity contribution is -0.137. The van der Waals surface area contributed by atoms with Crippen LogP contribution >= 0.6 is 34.0 Å². The number of piperazine rings is 1. The van der Waals surface area contributed by atoms with E-state index in [-0.39, 0.29) is 44.6 Å². The SMILES string of the molecule is C=C(NCc1ccc(F)cc1)c1csc(CN(Cc2cccc(C(F)(F)F)c2)Cc2ccc3c(c2)OCO3)n1.CCOc1ccccc1N1CCN(C(=O)c2csc(CN(Cc3ccc(C)cc3)Cc3ccc4c(c3)OCO4)n2)CC1.COc1ccc(CN(Cc2ccc3c(c2)OCO3)Cc2nc(C(=O)Nc3ccc(C)c(C)c3)cs2)cc1. The van der Waals surface area contributed by atoms with E-state index in [1.807, 2.05) is 131 Å². The fourth-order valence-corrected chi connectivity index (χ4v) is 16.2. The Kier molecular flexibility index (Phi) is 27.3. The molecule has 9 aromatic carbocycles. The lowest BCUT2D eigenvalue weighted by Crippen LogP contribution is -2.49. The van der Waals surface area contributed by atoms with Crippen LogP contribution in [-0.4, -0.2) is 107 Å². The molecule has 2 N–H and O–H groups in total. The van der Waals surface area contributed by atoms with Crippen LogP contribution in [0.1, 0.15) is 110 Å². The molecule has 4 aliphatic rings. The number of fused-ring (bicyclic) bond motifs is 3. The van der Waals surface area contributed by atoms with Crippen LogP contribution in [0.4, 0.5) is 28.9 Å². The van der Waals surface area contributed by atoms with Gasteiger partial charge >= 0.3 is 6.18 Å². The van der Waals surface area contributed by atoms with E-state index in [1.54, 1.807) is 36.6 Å². The van der Waals surface area contributed by atoms with E-state index >= 15 is 0 Å². The Balaban J connectivity index is 0.000000146. The summed E-state index contributed by atoms with van der Waals surface area (Å²) in [5.41, 5.74) is 14.0. The van der Waals surface area contributed by atoms with Gasteiger partial charge in [-0.1, -0.05) is 115 Å². The number of anilines is 2. The Hall–Kier alpha value is -11.9. The van der Waals surface area contributed by atoms with Gasteiger partial charge in [0.1, 0.15) is 43.7 Å². The zero-order chi connectivity index (χ0) is 82.1. The Morgan fingerprint density at radius 2 is 0.975 bits per heavy atom. The van der Waals surface area contributed by atoms with Gasteiger partial charge in [-0.3, -0.25) is 24.3 Å². The summed E-state index contributed by atoms with van der Waals surface area (Å²) >= 11 is 4.49. The maximum absolute atomic E-state index is 13.4. The van der Waals surface area contributed by atoms with E-state index in [0.717, 1.165) is 127 Å². The molecule has 4 aliphatic heterocycles. The van der Waals surface area contributed by atoms with Crippen molar-refractivity contribution in [2.24, 2.45) is 0 Å². The molecule has 0 aliphatic carbocycles. The molecule has 20 nitrogen and oxygen atoms in total. The number of carbonyl (C=O) groups excluding carboxylic acids is 2. The number of hydrogen-bond acceptors (Lipinski definition) is 21. The first-order chi connectivity index (χ1) is 57.2. The predicted molar refractivity (Wildman–Crippen MR) is 450 cm³/mol. The highest BCUT2D eigenvalue weighted by molar-refractivity contribution is 7.10. The van der Waals surface area contributed by atoms with Crippen molar-refractivity contribution in [1.29, 1.82) is 0 Å². The summed E-state index contributed by atoms with van der Waals surface area (Å²) in [6.45, 7) is 22.1. The number of methoxy groups -OCH3 is 1. The minimum atomic E-state index is -4.41. The molecule has 0 spiro atoms. The predicted octanol–water partition coefficient (Wildman–Crippen LogP) is 18.7. The van der Waals surface area contributed by atoms with Gasteiger partial charge in [0.25, 0.3) is 11.8 Å². The van der Waals surface area contributed by atoms with Crippen molar-refractivity contribution in [3.05, 3.63) is 316 Å². The quantitative estimate of drug-likeness (QED) is 0.0421. The molecule has 27 heteroatoms. The van der Waals surface area contributed by atoms with Crippen molar-refractivity contribution in [2.75, 3.05) is 70.5 Å². The standard InChI is InChI=1S/C33H36N4O4S.C29H25F4N3O2S.C29H29N3O4S/c1-3-39-29-7-5-4-6-28(29)36-14-16-37(17-15-36)33(38)27-22-42-32(34-27)21-35(19-25-10-8-24(2)9-11-25)20-26-12-13-30-31(18-26)41-23-40-30;1-19(34-13-20-5-8-24(30)9-6-20)25-17-39-28(35-25)16-36(14-21-3-2-4-23(11-21)29(31,32)33)15-22-7-10-26-27(12-22)38-18-37-26;1-19-4-8-23(12-20(19)2)30-29(33)25-17-37-28(31-25)16-32(14-21-5-9-24(34-3)10-6-21)15-22-7-11-26-27(13-22)36-18-35-26/h4-13,18,22H,3,14-17,19-21,23H2,1-2H3;2-12,17,34H,1,13-16,18H2;4-13,17H,14-16,18H2,1-3H3,(H,30,33). The minimum Gasteiger partial charge on any atom is -0.497 e. The first-order valence-corrected chi connectivity index (χ1v) is 41.2. The number of para-hydroxylation sites is 2. The van der Waals surface area contributed by atoms with Crippen LogP contribution in [0.5, 0.6) is 46.0 Å². The van der Waals surface area contributed by atoms with Crippen molar-refractivity contribution in [2.45, 2.75) is 99.3 Å². The summed E-state index contributed by atoms with van der Waals surface area (Å²) in [4.78, 5) is 51.3. The van der Waals surface area contributed by atoms with Gasteiger partial charge in [0.2, 0.25) is 20.4 Å². The normalized spacial score (nSPS) is 13.1. The Morgan fingerprint density at radius 1 is 0.500 bits per heavy atom. The molecule has 0 radical (unpaired) electrons. The van der Waals surface area contributed by atoms with Crippen LogP contribution in [0, 0.1) is 26.6 Å². The molecule has 0 unspecified atom stereocenters. The van der Waals surface area contributed by atoms with Crippen molar-refractivity contribution in [1.82, 2.24) is 39.9 Å². The number of alkyl halides is 3. The number of nitrogens with zero attached hydrogens (tertiary/aromatic N) is 8. The maximum Gasteiger partial charge on any atom is 0.416 e. The van der Waals surface area contributed by atoms with E-state index in [1.165, 1.54) is 63.6 Å². The molecular weight excluding hydrogens is 1570 g/mol. The zero-order valence-corrected chi connectivity index (χ0v) is 68.5. The number of hydrogen-bond donors (Lipinski definition) is 2. The number of rotatable bonds is 29. The van der Waals surface area contributed by atoms with E-state index in [0.29, 0.717) is 105 Å². The second-order valence-electron chi connectivity index (χ2n) is 28.8. The van der Waals surface area contributed by atoms with Crippen molar-refractivity contribution < 1.29 is 65.0 Å². The number of benzene rings is 9. The molecule has 16 rings (SSSR count). The summed E-state index contributed by atoms with van der Waals surface area (Å²) in [5, 5.41) is 14.4. The highest BCUT2D eigenvalue weighted by Crippen LogP contribution is 2.38. The average molecular weight is 1660 g/mol. The molecular formula is C91H90F4N10O10S3. The Labute approximate surface area is 695 Å². The first-order valence-electron chi connectivity index (χ1n) is 38.6. The fraction of sp³-hybridized carbons (Fsp3) is 0.264. The van der Waals surface area contributed by atoms with Crippen LogP contribution in [0.2, 0.25) is 0 Å². The number of amides is 2. The topological polar surface area (TPSA) is 187 Å². The Bertz CT molecular complexity index is 5430. The van der Waals surface area contributed by atoms with Gasteiger partial charge in [-0.05, 0) is 169 Å². The van der Waals surface area contributed by atoms with Crippen LogP contribution in [0.3, 0.4) is 0 Å². The lowest BCUT2D eigenvalue weighted by Gasteiger charge is -2.36. The molecule has 118 heavy (non-hydrogen) atoms. The van der Waals surface area contributed by atoms with Gasteiger partial charge in [-0.15, -0.1) is 34.0 Å². The maximum atomic E-state index is 13.4. The van der Waals surface area contributed by atoms with Crippen LogP contribution in [0.15, 0.2) is 217 Å². The molecule has 0 atom stereocenters. The number of thiazole rings is 3. The number of nitrogens with one attached hydrogen (secondary N) is 2. The van der Waals surface area contributed by atoms with Crippen molar-refractivity contribution >= 4 is 62.9 Å². The minimum absolute atomic E-state index is 0.00361. The first kappa shape index (κ1) is 82.7. The molecule has 2 amide bonds. The third kappa shape index (κ3) is 22.5. The second-order valence-corrected chi connectivity index (χ2v) is 31.6. The monoisotopic (exact) mass is 1650 g/mol. The van der Waals surface area contributed by atoms with E-state index in [4.69, 9.17) is 47.9 Å². The van der Waals surface area contributed by atoms with Crippen LogP contribution in [-0.2, 0) is 71.6 Å². The molecule has 0 saturated carbocycles. The summed E-state index contributed by atoms with van der Waals surface area (Å²) in [7, 11) is 1.66. The van der Waals surface area contributed by atoms with Gasteiger partial charge in [-0.25, -0.2) is 19.3 Å². The van der Waals surface area contributed by atoms with Gasteiger partial charge in [-0.2, -0.15) is 13.2 Å². The third-order valence-electron chi connectivity index (χ3n) is 20.0. The summed E-state index contributed by atoms with van der Waals surface area (Å²) in [5.74, 6) is 5.62. The van der Waals surface area contributed by atoms with Crippen molar-refractivity contribution in [3.8, 4) is 46.0 Å². The molecule has 12 aromatic rings. The van der Waals surface area contributed by atoms with Crippen molar-refractivity contribution in [3.63, 3.8) is 0 Å². The molecule has 0 bridgehead atoms. The van der Waals surface area contributed by atoms with Gasteiger partial charge < -0.3 is 58.3 Å². The highest BCUT2D eigenvalue weighted by atomic mass is 32.1. The lowest BCUT2D eigenvalue weighted by atomic mass is 10.1. The van der Waals surface area contributed by atoms with Gasteiger partial charge in [0.15, 0.2) is 34.5 Å². The third-order valence-corrected chi connectivity index (χ3v) is 22.5. The number of carbonyl (C=O) groups is 2. The highest BCUT2D eigenvalue weighted by Gasteiger charge is 2.32. The summed E-state index contributed by atoms with van der Waals surface area (Å²) < 4.78 is 97.2. The smallest absolute Gasteiger partial charge is 0.416 e. The summed E-state index contributed by atoms with van der Waals surface area (Å²) in [6.07, 6.45) is -4.41. The Morgan fingerprint density at radius 3 is 1.51 bits per heavy atom. The molecule has 610 valence electrons. The van der Waals surface area contributed by atoms with Crippen LogP contribution in [0.25, 0.3) is 5.70 Å². The molecule has 7 heterocycles. The van der Waals surface area contributed by atoms with E-state index < -0.39 is 11.7 Å². The fourth-order valence-electron chi connectivity index (χ4n) is 13.7. The largest absolute Gasteiger partial charge is 0.497 e. The van der Waals surface area contributed by atoms with E-state index in [2.05, 4.69) is 105 Å². The molecule has 3 aromatic heterocycles. The zero-order valence-electron chi connectivity index (χ0n) is 66.0. The number of aryl methyl sites for hydroxylation is 3. The second kappa shape index (κ2) is 38.9. The molecule has 1 fully saturated rings. The number of ether oxygens (including phenoxy) is 8. The summed E-state index contributed by atoms with van der Waals surface area (Å²) in [6, 6.07) is 60.0. The number of aromatic nitrogens is 3.